The van der Waals surface area contributed by atoms with E-state index in [1.807, 2.05) is 12.1 Å². The maximum Gasteiger partial charge on any atom is 0.182 e. The van der Waals surface area contributed by atoms with Crippen LogP contribution in [-0.4, -0.2) is 8.07 Å². The molecule has 2 heteroatoms. The molecule has 0 aromatic heterocycles. The molecule has 0 fully saturated rings. The second kappa shape index (κ2) is 9.06. The van der Waals surface area contributed by atoms with E-state index in [0.29, 0.717) is 0 Å². The van der Waals surface area contributed by atoms with E-state index in [1.54, 1.807) is 0 Å². The lowest BCUT2D eigenvalue weighted by Crippen LogP contribution is -2.73. The summed E-state index contributed by atoms with van der Waals surface area (Å²) in [7, 11) is -2.76. The Morgan fingerprint density at radius 3 is 1.55 bits per heavy atom. The average Bonchev–Trinajstić information content (AvgIpc) is 3.31. The summed E-state index contributed by atoms with van der Waals surface area (Å²) in [4.78, 5) is 0. The number of rotatable bonds is 3. The van der Waals surface area contributed by atoms with Crippen molar-refractivity contribution < 1.29 is 0 Å². The molecule has 0 radical (unpaired) electrons. The van der Waals surface area contributed by atoms with E-state index < -0.39 is 8.07 Å². The quantitative estimate of drug-likeness (QED) is 0.200. The molecule has 0 atom stereocenters. The van der Waals surface area contributed by atoms with Gasteiger partial charge in [-0.05, 0) is 76.7 Å². The third-order valence-electron chi connectivity index (χ3n) is 8.61. The van der Waals surface area contributed by atoms with E-state index in [0.717, 1.165) is 5.02 Å². The maximum atomic E-state index is 6.28. The zero-order valence-electron chi connectivity index (χ0n) is 21.8. The van der Waals surface area contributed by atoms with E-state index in [2.05, 4.69) is 140 Å². The summed E-state index contributed by atoms with van der Waals surface area (Å²) < 4.78 is 0. The summed E-state index contributed by atoms with van der Waals surface area (Å²) in [6.45, 7) is 0. The van der Waals surface area contributed by atoms with Gasteiger partial charge in [-0.2, -0.15) is 0 Å². The maximum absolute atomic E-state index is 6.28. The van der Waals surface area contributed by atoms with E-state index in [9.17, 15) is 0 Å². The van der Waals surface area contributed by atoms with Crippen molar-refractivity contribution in [3.05, 3.63) is 157 Å². The molecule has 7 aromatic carbocycles. The Bertz CT molecular complexity index is 1980. The van der Waals surface area contributed by atoms with Crippen molar-refractivity contribution in [2.24, 2.45) is 0 Å². The Kier molecular flexibility index (Phi) is 5.31. The second-order valence-electron chi connectivity index (χ2n) is 10.6. The minimum absolute atomic E-state index is 0.757. The molecule has 0 saturated carbocycles. The van der Waals surface area contributed by atoms with Crippen LogP contribution in [0.4, 0.5) is 0 Å². The van der Waals surface area contributed by atoms with Gasteiger partial charge in [0, 0.05) is 5.02 Å². The van der Waals surface area contributed by atoms with Crippen LogP contribution in [0, 0.1) is 0 Å². The smallest absolute Gasteiger partial charge is 0.0843 e. The van der Waals surface area contributed by atoms with Crippen LogP contribution in [-0.2, 0) is 0 Å². The minimum atomic E-state index is -2.76. The molecule has 7 aromatic rings. The largest absolute Gasteiger partial charge is 0.182 e. The Balaban J connectivity index is 1.58. The second-order valence-corrected chi connectivity index (χ2v) is 14.7. The first-order chi connectivity index (χ1) is 19.7. The lowest BCUT2D eigenvalue weighted by Gasteiger charge is -2.33. The standard InChI is InChI=1S/C38H25ClSi/c39-30-22-19-26(20-23-30)29-21-24-34-33-15-5-6-16-37(33)40(38(34)25-29,35-17-7-11-27-9-1-3-13-31(27)35)36-18-8-12-28-10-2-4-14-32(28)36/h1-25H. The fourth-order valence-corrected chi connectivity index (χ4v) is 12.7. The molecular formula is C38H25ClSi. The fraction of sp³-hybridized carbons (Fsp3) is 0. The van der Waals surface area contributed by atoms with Crippen LogP contribution in [0.5, 0.6) is 0 Å². The molecule has 8 rings (SSSR count). The molecule has 1 aliphatic heterocycles. The third kappa shape index (κ3) is 3.32. The molecule has 188 valence electrons. The van der Waals surface area contributed by atoms with E-state index in [-0.39, 0.29) is 0 Å². The highest BCUT2D eigenvalue weighted by atomic mass is 35.5. The highest BCUT2D eigenvalue weighted by Crippen LogP contribution is 2.34. The molecule has 0 unspecified atom stereocenters. The first-order valence-corrected chi connectivity index (χ1v) is 16.1. The van der Waals surface area contributed by atoms with Crippen LogP contribution in [0.1, 0.15) is 0 Å². The van der Waals surface area contributed by atoms with E-state index in [4.69, 9.17) is 11.6 Å². The van der Waals surface area contributed by atoms with Gasteiger partial charge in [-0.25, -0.2) is 0 Å². The summed E-state index contributed by atoms with van der Waals surface area (Å²) in [5.74, 6) is 0. The van der Waals surface area contributed by atoms with Gasteiger partial charge in [0.2, 0.25) is 0 Å². The monoisotopic (exact) mass is 544 g/mol. The SMILES string of the molecule is Clc1ccc(-c2ccc3c(c2)[Si](c2cccc4ccccc24)(c2cccc4ccccc24)c2ccccc2-3)cc1. The number of hydrogen-bond donors (Lipinski definition) is 0. The number of benzene rings is 7. The van der Waals surface area contributed by atoms with Gasteiger partial charge in [0.05, 0.1) is 0 Å². The van der Waals surface area contributed by atoms with Crippen molar-refractivity contribution in [3.8, 4) is 22.3 Å². The predicted octanol–water partition coefficient (Wildman–Crippen LogP) is 7.67. The molecule has 0 N–H and O–H groups in total. The normalized spacial score (nSPS) is 13.3. The summed E-state index contributed by atoms with van der Waals surface area (Å²) in [6.07, 6.45) is 0. The van der Waals surface area contributed by atoms with Gasteiger partial charge in [0.25, 0.3) is 0 Å². The van der Waals surface area contributed by atoms with Crippen LogP contribution in [0.15, 0.2) is 152 Å². The van der Waals surface area contributed by atoms with Crippen LogP contribution >= 0.6 is 11.6 Å². The van der Waals surface area contributed by atoms with E-state index in [1.165, 1.54) is 64.5 Å². The zero-order valence-corrected chi connectivity index (χ0v) is 23.6. The van der Waals surface area contributed by atoms with Gasteiger partial charge in [-0.15, -0.1) is 0 Å². The Morgan fingerprint density at radius 1 is 0.375 bits per heavy atom. The Labute approximate surface area is 240 Å². The molecule has 0 spiro atoms. The van der Waals surface area contributed by atoms with Gasteiger partial charge in [-0.3, -0.25) is 0 Å². The molecule has 0 amide bonds. The lowest BCUT2D eigenvalue weighted by atomic mass is 10.0. The summed E-state index contributed by atoms with van der Waals surface area (Å²) in [6, 6.07) is 56.0. The summed E-state index contributed by atoms with van der Waals surface area (Å²) in [5.41, 5.74) is 5.11. The summed E-state index contributed by atoms with van der Waals surface area (Å²) >= 11 is 6.28. The van der Waals surface area contributed by atoms with Crippen LogP contribution < -0.4 is 20.7 Å². The van der Waals surface area contributed by atoms with Gasteiger partial charge >= 0.3 is 0 Å². The minimum Gasteiger partial charge on any atom is -0.0843 e. The topological polar surface area (TPSA) is 0 Å². The fourth-order valence-electron chi connectivity index (χ4n) is 6.93. The first-order valence-electron chi connectivity index (χ1n) is 13.7. The molecule has 0 aliphatic carbocycles. The van der Waals surface area contributed by atoms with Crippen molar-refractivity contribution in [1.29, 1.82) is 0 Å². The Morgan fingerprint density at radius 2 is 0.875 bits per heavy atom. The van der Waals surface area contributed by atoms with Crippen molar-refractivity contribution in [2.75, 3.05) is 0 Å². The number of halogens is 1. The molecule has 40 heavy (non-hydrogen) atoms. The molecule has 0 nitrogen and oxygen atoms in total. The Hall–Kier alpha value is -4.43. The van der Waals surface area contributed by atoms with Gasteiger partial charge in [-0.1, -0.05) is 151 Å². The zero-order chi connectivity index (χ0) is 26.7. The molecule has 0 bridgehead atoms. The van der Waals surface area contributed by atoms with Crippen LogP contribution in [0.25, 0.3) is 43.8 Å². The number of fused-ring (bicyclic) bond motifs is 5. The number of hydrogen-bond acceptors (Lipinski definition) is 0. The highest BCUT2D eigenvalue weighted by Gasteiger charge is 2.50. The molecule has 0 saturated heterocycles. The third-order valence-corrected chi connectivity index (χ3v) is 13.8. The molecule has 1 heterocycles. The summed E-state index contributed by atoms with van der Waals surface area (Å²) in [5, 5.41) is 11.8. The van der Waals surface area contributed by atoms with Gasteiger partial charge < -0.3 is 0 Å². The first kappa shape index (κ1) is 23.5. The van der Waals surface area contributed by atoms with Gasteiger partial charge in [0.15, 0.2) is 8.07 Å². The van der Waals surface area contributed by atoms with Crippen LogP contribution in [0.2, 0.25) is 5.02 Å². The van der Waals surface area contributed by atoms with Crippen molar-refractivity contribution in [2.45, 2.75) is 0 Å². The highest BCUT2D eigenvalue weighted by molar-refractivity contribution is 7.23. The van der Waals surface area contributed by atoms with Gasteiger partial charge in [0.1, 0.15) is 0 Å². The average molecular weight is 545 g/mol. The van der Waals surface area contributed by atoms with Crippen molar-refractivity contribution in [1.82, 2.24) is 0 Å². The molecule has 1 aliphatic rings. The van der Waals surface area contributed by atoms with Crippen molar-refractivity contribution >= 4 is 62.0 Å². The van der Waals surface area contributed by atoms with E-state index >= 15 is 0 Å². The van der Waals surface area contributed by atoms with Crippen molar-refractivity contribution in [3.63, 3.8) is 0 Å². The lowest BCUT2D eigenvalue weighted by molar-refractivity contribution is 1.63. The molecular weight excluding hydrogens is 520 g/mol. The van der Waals surface area contributed by atoms with Crippen LogP contribution in [0.3, 0.4) is 0 Å². The predicted molar refractivity (Wildman–Crippen MR) is 175 cm³/mol.